The molecule has 2 aromatic rings. The van der Waals surface area contributed by atoms with Gasteiger partial charge >= 0.3 is 0 Å². The van der Waals surface area contributed by atoms with Crippen molar-refractivity contribution in [3.63, 3.8) is 0 Å². The van der Waals surface area contributed by atoms with E-state index in [9.17, 15) is 0 Å². The molecule has 0 aliphatic carbocycles. The molecule has 1 heterocycles. The predicted octanol–water partition coefficient (Wildman–Crippen LogP) is 4.39. The molecule has 1 fully saturated rings. The van der Waals surface area contributed by atoms with Crippen LogP contribution in [0.4, 0.5) is 0 Å². The largest absolute Gasteiger partial charge is 0.406 e. The van der Waals surface area contributed by atoms with Crippen molar-refractivity contribution in [1.82, 2.24) is 0 Å². The highest BCUT2D eigenvalue weighted by Gasteiger charge is 2.37. The lowest BCUT2D eigenvalue weighted by atomic mass is 10.1. The second kappa shape index (κ2) is 10.2. The second-order valence-electron chi connectivity index (χ2n) is 6.95. The van der Waals surface area contributed by atoms with Gasteiger partial charge in [0.25, 0.3) is 8.32 Å². The molecule has 1 aliphatic rings. The van der Waals surface area contributed by atoms with Crippen LogP contribution in [0.2, 0.25) is 6.55 Å². The molecule has 3 atom stereocenters. The highest BCUT2D eigenvalue weighted by atomic mass is 35.7. The van der Waals surface area contributed by atoms with Gasteiger partial charge in [0, 0.05) is 19.4 Å². The van der Waals surface area contributed by atoms with Crippen molar-refractivity contribution in [3.8, 4) is 0 Å². The lowest BCUT2D eigenvalue weighted by Gasteiger charge is -2.31. The van der Waals surface area contributed by atoms with Crippen LogP contribution < -0.4 is 10.4 Å². The lowest BCUT2D eigenvalue weighted by Crippen LogP contribution is -2.59. The zero-order valence-electron chi connectivity index (χ0n) is 16.0. The van der Waals surface area contributed by atoms with Crippen LogP contribution in [0.1, 0.15) is 13.3 Å². The summed E-state index contributed by atoms with van der Waals surface area (Å²) >= 11 is 6.36. The van der Waals surface area contributed by atoms with E-state index in [2.05, 4.69) is 67.2 Å². The molecule has 6 heteroatoms. The Morgan fingerprint density at radius 1 is 1.07 bits per heavy atom. The average Bonchev–Trinajstić information content (AvgIpc) is 3.14. The molecule has 1 aliphatic heterocycles. The maximum absolute atomic E-state index is 6.69. The number of benzene rings is 2. The predicted molar refractivity (Wildman–Crippen MR) is 117 cm³/mol. The SMILES string of the molecule is CCOP(Cl)CC1CCOC1CO[Si](C)(c1ccccc1)c1ccccc1. The Morgan fingerprint density at radius 3 is 2.22 bits per heavy atom. The molecule has 0 bridgehead atoms. The molecule has 0 radical (unpaired) electrons. The first-order chi connectivity index (χ1) is 13.1. The van der Waals surface area contributed by atoms with Gasteiger partial charge in [-0.25, -0.2) is 0 Å². The molecule has 3 nitrogen and oxygen atoms in total. The Hall–Kier alpha value is -0.743. The van der Waals surface area contributed by atoms with E-state index >= 15 is 0 Å². The first-order valence-electron chi connectivity index (χ1n) is 9.56. The van der Waals surface area contributed by atoms with Crippen molar-refractivity contribution in [3.05, 3.63) is 60.7 Å². The van der Waals surface area contributed by atoms with Crippen LogP contribution in [0.5, 0.6) is 0 Å². The van der Waals surface area contributed by atoms with Crippen LogP contribution in [0.3, 0.4) is 0 Å². The fraction of sp³-hybridized carbons (Fsp3) is 0.429. The average molecular weight is 423 g/mol. The second-order valence-corrected chi connectivity index (χ2v) is 12.9. The van der Waals surface area contributed by atoms with Crippen molar-refractivity contribution in [1.29, 1.82) is 0 Å². The fourth-order valence-electron chi connectivity index (χ4n) is 3.56. The third-order valence-electron chi connectivity index (χ3n) is 5.18. The zero-order chi connectivity index (χ0) is 19.1. The van der Waals surface area contributed by atoms with E-state index in [1.807, 2.05) is 6.92 Å². The van der Waals surface area contributed by atoms with Crippen molar-refractivity contribution in [2.24, 2.45) is 5.92 Å². The van der Waals surface area contributed by atoms with E-state index in [1.54, 1.807) is 0 Å². The summed E-state index contributed by atoms with van der Waals surface area (Å²) in [7, 11) is -3.19. The summed E-state index contributed by atoms with van der Waals surface area (Å²) in [5.41, 5.74) is 0. The van der Waals surface area contributed by atoms with E-state index in [0.717, 1.165) is 19.2 Å². The normalized spacial score (nSPS) is 21.3. The molecule has 0 spiro atoms. The number of hydrogen-bond acceptors (Lipinski definition) is 3. The van der Waals surface area contributed by atoms with Gasteiger partial charge in [-0.3, -0.25) is 0 Å². The molecule has 0 N–H and O–H groups in total. The molecule has 0 saturated carbocycles. The molecule has 146 valence electrons. The summed E-state index contributed by atoms with van der Waals surface area (Å²) < 4.78 is 18.3. The minimum Gasteiger partial charge on any atom is -0.406 e. The molecule has 27 heavy (non-hydrogen) atoms. The summed E-state index contributed by atoms with van der Waals surface area (Å²) in [5, 5.41) is 2.55. The van der Waals surface area contributed by atoms with Crippen molar-refractivity contribution >= 4 is 37.4 Å². The van der Waals surface area contributed by atoms with E-state index < -0.39 is 15.8 Å². The van der Waals surface area contributed by atoms with Gasteiger partial charge in [-0.15, -0.1) is 0 Å². The standard InChI is InChI=1S/C21H28ClO3PSi/c1-3-24-26(22)17-18-14-15-23-21(18)16-25-27(2,19-10-6-4-7-11-19)20-12-8-5-9-13-20/h4-13,18,21H,3,14-17H2,1-2H3. The van der Waals surface area contributed by atoms with Gasteiger partial charge in [0.2, 0.25) is 0 Å². The van der Waals surface area contributed by atoms with Gasteiger partial charge in [0.15, 0.2) is 0 Å². The number of ether oxygens (including phenoxy) is 1. The highest BCUT2D eigenvalue weighted by Crippen LogP contribution is 2.46. The summed E-state index contributed by atoms with van der Waals surface area (Å²) in [6.45, 7) is 6.30. The molecular weight excluding hydrogens is 395 g/mol. The maximum Gasteiger partial charge on any atom is 0.252 e. The summed E-state index contributed by atoms with van der Waals surface area (Å²) in [4.78, 5) is 0. The zero-order valence-corrected chi connectivity index (χ0v) is 18.7. The van der Waals surface area contributed by atoms with Crippen LogP contribution in [-0.2, 0) is 13.7 Å². The molecule has 0 amide bonds. The topological polar surface area (TPSA) is 27.7 Å². The monoisotopic (exact) mass is 422 g/mol. The Bertz CT molecular complexity index is 649. The van der Waals surface area contributed by atoms with Crippen LogP contribution in [0.15, 0.2) is 60.7 Å². The van der Waals surface area contributed by atoms with Gasteiger partial charge < -0.3 is 13.7 Å². The molecular formula is C21H28ClO3PSi. The van der Waals surface area contributed by atoms with Crippen LogP contribution in [-0.4, -0.2) is 40.4 Å². The molecule has 3 unspecified atom stereocenters. The molecule has 0 aromatic heterocycles. The first-order valence-corrected chi connectivity index (χ1v) is 14.3. The van der Waals surface area contributed by atoms with Crippen LogP contribution in [0, 0.1) is 5.92 Å². The first kappa shape index (κ1) is 21.0. The highest BCUT2D eigenvalue weighted by molar-refractivity contribution is 7.80. The third-order valence-corrected chi connectivity index (χ3v) is 10.8. The summed E-state index contributed by atoms with van der Waals surface area (Å²) in [6.07, 6.45) is 1.99. The van der Waals surface area contributed by atoms with E-state index in [1.165, 1.54) is 10.4 Å². The van der Waals surface area contributed by atoms with Crippen molar-refractivity contribution in [2.45, 2.75) is 26.0 Å². The van der Waals surface area contributed by atoms with Gasteiger partial charge in [-0.05, 0) is 36.2 Å². The van der Waals surface area contributed by atoms with Crippen LogP contribution >= 0.6 is 18.7 Å². The summed E-state index contributed by atoms with van der Waals surface area (Å²) in [6, 6.07) is 21.2. The van der Waals surface area contributed by atoms with Crippen molar-refractivity contribution < 1.29 is 13.7 Å². The maximum atomic E-state index is 6.69. The molecule has 2 aromatic carbocycles. The number of rotatable bonds is 9. The third kappa shape index (κ3) is 5.41. The van der Waals surface area contributed by atoms with Gasteiger partial charge in [0.05, 0.1) is 12.7 Å². The van der Waals surface area contributed by atoms with Gasteiger partial charge in [-0.1, -0.05) is 71.9 Å². The summed E-state index contributed by atoms with van der Waals surface area (Å²) in [5.74, 6) is 0.407. The van der Waals surface area contributed by atoms with E-state index in [4.69, 9.17) is 24.9 Å². The Labute approximate surface area is 169 Å². The molecule has 1 saturated heterocycles. The Balaban J connectivity index is 1.73. The quantitative estimate of drug-likeness (QED) is 0.443. The van der Waals surface area contributed by atoms with Crippen molar-refractivity contribution in [2.75, 3.05) is 26.0 Å². The number of hydrogen-bond donors (Lipinski definition) is 0. The minimum atomic E-state index is -2.29. The van der Waals surface area contributed by atoms with Gasteiger partial charge in [0.1, 0.15) is 7.50 Å². The van der Waals surface area contributed by atoms with Crippen LogP contribution in [0.25, 0.3) is 0 Å². The van der Waals surface area contributed by atoms with E-state index in [-0.39, 0.29) is 6.10 Å². The Kier molecular flexibility index (Phi) is 7.89. The number of halogens is 1. The van der Waals surface area contributed by atoms with Gasteiger partial charge in [-0.2, -0.15) is 0 Å². The Morgan fingerprint density at radius 2 is 1.67 bits per heavy atom. The smallest absolute Gasteiger partial charge is 0.252 e. The van der Waals surface area contributed by atoms with E-state index in [0.29, 0.717) is 19.1 Å². The lowest BCUT2D eigenvalue weighted by molar-refractivity contribution is 0.0508. The minimum absolute atomic E-state index is 0.0912. The fourth-order valence-corrected chi connectivity index (χ4v) is 8.38. The molecule has 3 rings (SSSR count).